The summed E-state index contributed by atoms with van der Waals surface area (Å²) in [6.45, 7) is 4.88. The first-order chi connectivity index (χ1) is 21.2. The molecule has 1 aromatic carbocycles. The molecular weight excluding hydrogens is 630 g/mol. The van der Waals surface area contributed by atoms with E-state index in [-0.39, 0.29) is 37.3 Å². The number of nitrogens with zero attached hydrogens (tertiary/aromatic N) is 2. The van der Waals surface area contributed by atoms with E-state index in [1.54, 1.807) is 22.8 Å². The van der Waals surface area contributed by atoms with Crippen LogP contribution < -0.4 is 5.32 Å². The van der Waals surface area contributed by atoms with Crippen LogP contribution >= 0.6 is 15.9 Å². The number of benzene rings is 1. The number of fused-ring (bicyclic) bond motifs is 2. The van der Waals surface area contributed by atoms with Crippen molar-refractivity contribution in [3.63, 3.8) is 0 Å². The van der Waals surface area contributed by atoms with E-state index in [0.29, 0.717) is 42.4 Å². The lowest BCUT2D eigenvalue weighted by Crippen LogP contribution is -2.56. The fourth-order valence-corrected chi connectivity index (χ4v) is 7.69. The maximum Gasteiger partial charge on any atom is 0.313 e. The predicted octanol–water partition coefficient (Wildman–Crippen LogP) is 3.40. The third kappa shape index (κ3) is 6.10. The second-order valence-electron chi connectivity index (χ2n) is 12.1. The van der Waals surface area contributed by atoms with E-state index in [2.05, 4.69) is 28.2 Å². The number of aliphatic hydroxyl groups excluding tert-OH is 1. The number of allylic oxidation sites excluding steroid dienone is 1. The Balaban J connectivity index is 1.58. The van der Waals surface area contributed by atoms with E-state index in [1.165, 1.54) is 0 Å². The van der Waals surface area contributed by atoms with Crippen molar-refractivity contribution < 1.29 is 33.8 Å². The number of esters is 1. The van der Waals surface area contributed by atoms with Crippen molar-refractivity contribution in [2.24, 2.45) is 11.8 Å². The van der Waals surface area contributed by atoms with Crippen LogP contribution in [-0.4, -0.2) is 88.6 Å². The highest BCUT2D eigenvalue weighted by molar-refractivity contribution is 9.11. The fourth-order valence-electron chi connectivity index (χ4n) is 6.95. The summed E-state index contributed by atoms with van der Waals surface area (Å²) in [5, 5.41) is 12.4. The Morgan fingerprint density at radius 3 is 2.52 bits per heavy atom. The molecule has 44 heavy (non-hydrogen) atoms. The van der Waals surface area contributed by atoms with E-state index in [1.807, 2.05) is 42.5 Å². The molecule has 0 saturated carbocycles. The van der Waals surface area contributed by atoms with Crippen molar-refractivity contribution in [3.05, 3.63) is 58.6 Å². The van der Waals surface area contributed by atoms with Crippen molar-refractivity contribution in [1.82, 2.24) is 15.1 Å². The predicted molar refractivity (Wildman–Crippen MR) is 166 cm³/mol. The summed E-state index contributed by atoms with van der Waals surface area (Å²) in [5.41, 5.74) is -0.632. The highest BCUT2D eigenvalue weighted by Gasteiger charge is 2.74. The molecule has 3 amide bonds. The topological polar surface area (TPSA) is 125 Å². The second-order valence-corrected chi connectivity index (χ2v) is 13.0. The van der Waals surface area contributed by atoms with Crippen molar-refractivity contribution in [3.8, 4) is 0 Å². The van der Waals surface area contributed by atoms with Crippen LogP contribution in [0.5, 0.6) is 0 Å². The Hall–Kier alpha value is -3.02. The summed E-state index contributed by atoms with van der Waals surface area (Å²) in [6.07, 6.45) is 7.36. The number of unbranched alkanes of at least 4 members (excludes halogenated alkanes) is 2. The van der Waals surface area contributed by atoms with Gasteiger partial charge >= 0.3 is 5.97 Å². The monoisotopic (exact) mass is 671 g/mol. The van der Waals surface area contributed by atoms with Crippen LogP contribution in [0.2, 0.25) is 0 Å². The molecule has 2 N–H and O–H groups in total. The zero-order chi connectivity index (χ0) is 31.4. The van der Waals surface area contributed by atoms with Crippen molar-refractivity contribution in [1.29, 1.82) is 0 Å². The number of hydrogen-bond acceptors (Lipinski definition) is 7. The number of carbonyl (C=O) groups excluding carboxylic acids is 4. The lowest BCUT2D eigenvalue weighted by atomic mass is 9.74. The van der Waals surface area contributed by atoms with Gasteiger partial charge in [0.05, 0.1) is 12.0 Å². The van der Waals surface area contributed by atoms with Gasteiger partial charge in [-0.1, -0.05) is 71.8 Å². The van der Waals surface area contributed by atoms with E-state index in [0.717, 1.165) is 12.8 Å². The summed E-state index contributed by atoms with van der Waals surface area (Å²) in [7, 11) is 0. The number of nitrogens with one attached hydrogen (secondary N) is 1. The number of amides is 3. The number of cyclic esters (lactones) is 1. The molecular formula is C33H42BrN3O7. The lowest BCUT2D eigenvalue weighted by Gasteiger charge is -2.36. The Morgan fingerprint density at radius 1 is 1.02 bits per heavy atom. The zero-order valence-corrected chi connectivity index (χ0v) is 26.9. The Kier molecular flexibility index (Phi) is 10.3. The van der Waals surface area contributed by atoms with Crippen molar-refractivity contribution >= 4 is 39.6 Å². The van der Waals surface area contributed by atoms with Crippen LogP contribution in [0.1, 0.15) is 64.0 Å². The van der Waals surface area contributed by atoms with Crippen LogP contribution in [0.4, 0.5) is 0 Å². The van der Waals surface area contributed by atoms with Gasteiger partial charge in [0.25, 0.3) is 0 Å². The molecule has 11 heteroatoms. The largest absolute Gasteiger partial charge is 0.455 e. The van der Waals surface area contributed by atoms with Crippen LogP contribution in [0, 0.1) is 11.8 Å². The first-order valence-electron chi connectivity index (χ1n) is 15.7. The van der Waals surface area contributed by atoms with Crippen LogP contribution in [0.25, 0.3) is 0 Å². The minimum Gasteiger partial charge on any atom is -0.455 e. The van der Waals surface area contributed by atoms with E-state index in [9.17, 15) is 24.3 Å². The molecule has 0 radical (unpaired) electrons. The summed E-state index contributed by atoms with van der Waals surface area (Å²) in [6, 6.07) is 7.69. The summed E-state index contributed by atoms with van der Waals surface area (Å²) in [5.74, 6) is -3.31. The van der Waals surface area contributed by atoms with Crippen LogP contribution in [-0.2, 0) is 28.7 Å². The quantitative estimate of drug-likeness (QED) is 0.247. The molecule has 4 aliphatic rings. The van der Waals surface area contributed by atoms with Gasteiger partial charge in [0.1, 0.15) is 29.8 Å². The minimum atomic E-state index is -1.34. The summed E-state index contributed by atoms with van der Waals surface area (Å²) in [4.78, 5) is 59.1. The van der Waals surface area contributed by atoms with Gasteiger partial charge in [0, 0.05) is 37.1 Å². The number of likely N-dealkylation sites (tertiary alicyclic amines) is 1. The number of hydrogen-bond donors (Lipinski definition) is 2. The number of halogens is 1. The molecule has 5 rings (SSSR count). The molecule has 7 atom stereocenters. The van der Waals surface area contributed by atoms with Gasteiger partial charge in [-0.05, 0) is 44.2 Å². The maximum absolute atomic E-state index is 14.5. The highest BCUT2D eigenvalue weighted by atomic mass is 79.9. The Morgan fingerprint density at radius 2 is 1.80 bits per heavy atom. The van der Waals surface area contributed by atoms with Crippen molar-refractivity contribution in [2.75, 3.05) is 26.2 Å². The van der Waals surface area contributed by atoms with Crippen LogP contribution in [0.15, 0.2) is 53.0 Å². The standard InChI is InChI=1S/C33H42BrN3O7/c1-3-4-16-36-17-10-6-9-15-24(39)35-21(2)27(22-13-7-5-8-14-22)43-32(42)25-26-30(40)37(18-11-12-19-38)29(31(36)41)33(26)20-23(34)28(25)44-33/h5-8,10,13-14,20-21,25-29,38H,3-4,9,11-12,15-19H2,1-2H3,(H,35,39)/b10-6-/t21-,25+,26-,27+,28+,29+,33-/m1/s1. The number of aliphatic hydroxyl groups is 1. The molecule has 238 valence electrons. The number of carbonyl (C=O) groups is 4. The smallest absolute Gasteiger partial charge is 0.313 e. The highest BCUT2D eigenvalue weighted by Crippen LogP contribution is 2.59. The van der Waals surface area contributed by atoms with E-state index < -0.39 is 47.7 Å². The maximum atomic E-state index is 14.5. The van der Waals surface area contributed by atoms with Gasteiger partial charge in [-0.3, -0.25) is 19.2 Å². The molecule has 0 unspecified atom stereocenters. The number of rotatable bonds is 8. The summed E-state index contributed by atoms with van der Waals surface area (Å²) >= 11 is 3.59. The lowest BCUT2D eigenvalue weighted by molar-refractivity contribution is -0.161. The fraction of sp³-hybridized carbons (Fsp3) is 0.576. The third-order valence-electron chi connectivity index (χ3n) is 9.08. The molecule has 1 spiro atoms. The molecule has 2 fully saturated rings. The molecule has 10 nitrogen and oxygen atoms in total. The SMILES string of the molecule is CCCCN1C/C=C\CCC(=O)N[C@H](C)[C@@H](c2ccccc2)OC(=O)[C@@H]2[C@H]3O[C@@]4(C=C3Br)[C@H](C1=O)N(CCCCO)C(=O)[C@@H]24. The van der Waals surface area contributed by atoms with Gasteiger partial charge in [-0.25, -0.2) is 0 Å². The summed E-state index contributed by atoms with van der Waals surface area (Å²) < 4.78 is 13.4. The van der Waals surface area contributed by atoms with Crippen LogP contribution in [0.3, 0.4) is 0 Å². The van der Waals surface area contributed by atoms with Gasteiger partial charge < -0.3 is 29.7 Å². The Labute approximate surface area is 266 Å². The normalized spacial score (nSPS) is 33.2. The molecule has 4 aliphatic heterocycles. The third-order valence-corrected chi connectivity index (χ3v) is 9.76. The van der Waals surface area contributed by atoms with E-state index >= 15 is 0 Å². The first-order valence-corrected chi connectivity index (χ1v) is 16.5. The van der Waals surface area contributed by atoms with Gasteiger partial charge in [-0.15, -0.1) is 0 Å². The average Bonchev–Trinajstić information content (AvgIpc) is 3.60. The van der Waals surface area contributed by atoms with E-state index in [4.69, 9.17) is 9.47 Å². The molecule has 0 aromatic heterocycles. The first kappa shape index (κ1) is 32.4. The molecule has 0 aliphatic carbocycles. The van der Waals surface area contributed by atoms with Crippen molar-refractivity contribution in [2.45, 2.75) is 82.3 Å². The molecule has 1 aromatic rings. The zero-order valence-electron chi connectivity index (χ0n) is 25.3. The van der Waals surface area contributed by atoms with Gasteiger partial charge in [0.2, 0.25) is 17.7 Å². The molecule has 4 heterocycles. The molecule has 2 saturated heterocycles. The minimum absolute atomic E-state index is 0.0305. The number of ether oxygens (including phenoxy) is 2. The molecule has 5 bridgehead atoms. The second kappa shape index (κ2) is 14.0. The average molecular weight is 673 g/mol. The Bertz CT molecular complexity index is 1300. The van der Waals surface area contributed by atoms with Gasteiger partial charge in [0.15, 0.2) is 0 Å². The van der Waals surface area contributed by atoms with Gasteiger partial charge in [-0.2, -0.15) is 0 Å².